The molecule has 7 heteroatoms. The number of aryl methyl sites for hydroxylation is 2. The highest BCUT2D eigenvalue weighted by Crippen LogP contribution is 2.28. The Balaban J connectivity index is 2.01. The second-order valence-electron chi connectivity index (χ2n) is 5.84. The van der Waals surface area contributed by atoms with Crippen molar-refractivity contribution in [2.75, 3.05) is 4.72 Å². The Hall–Kier alpha value is -1.86. The van der Waals surface area contributed by atoms with Gasteiger partial charge in [-0.3, -0.25) is 9.40 Å². The zero-order valence-electron chi connectivity index (χ0n) is 13.5. The molecule has 1 N–H and O–H groups in total. The number of sulfonamides is 1. The van der Waals surface area contributed by atoms with Gasteiger partial charge in [-0.15, -0.1) is 11.3 Å². The Morgan fingerprint density at radius 3 is 2.57 bits per heavy atom. The summed E-state index contributed by atoms with van der Waals surface area (Å²) in [6, 6.07) is 7.39. The highest BCUT2D eigenvalue weighted by molar-refractivity contribution is 7.93. The monoisotopic (exact) mass is 349 g/mol. The molecular formula is C16H19N3O2S2. The molecule has 0 aliphatic heterocycles. The summed E-state index contributed by atoms with van der Waals surface area (Å²) in [6.07, 6.45) is 1.79. The lowest BCUT2D eigenvalue weighted by atomic mass is 10.2. The molecule has 0 spiro atoms. The Labute approximate surface area is 140 Å². The van der Waals surface area contributed by atoms with Crippen molar-refractivity contribution in [2.45, 2.75) is 38.6 Å². The summed E-state index contributed by atoms with van der Waals surface area (Å²) in [5.41, 5.74) is 1.46. The number of nitrogens with zero attached hydrogens (tertiary/aromatic N) is 2. The van der Waals surface area contributed by atoms with E-state index in [-0.39, 0.29) is 6.04 Å². The van der Waals surface area contributed by atoms with Crippen molar-refractivity contribution in [2.24, 2.45) is 0 Å². The van der Waals surface area contributed by atoms with Crippen LogP contribution in [0.15, 0.2) is 35.4 Å². The first kappa shape index (κ1) is 16.0. The average Bonchev–Trinajstić information content (AvgIpc) is 3.01. The lowest BCUT2D eigenvalue weighted by Crippen LogP contribution is -2.13. The molecule has 0 aliphatic rings. The van der Waals surface area contributed by atoms with E-state index in [4.69, 9.17) is 0 Å². The van der Waals surface area contributed by atoms with Gasteiger partial charge in [0.2, 0.25) is 0 Å². The molecule has 0 radical (unpaired) electrons. The summed E-state index contributed by atoms with van der Waals surface area (Å²) < 4.78 is 29.8. The average molecular weight is 349 g/mol. The van der Waals surface area contributed by atoms with E-state index in [1.807, 2.05) is 44.5 Å². The Morgan fingerprint density at radius 2 is 1.96 bits per heavy atom. The van der Waals surface area contributed by atoms with Crippen LogP contribution in [0.3, 0.4) is 0 Å². The van der Waals surface area contributed by atoms with Crippen LogP contribution in [0.5, 0.6) is 0 Å². The van der Waals surface area contributed by atoms with Gasteiger partial charge in [-0.2, -0.15) is 5.10 Å². The fraction of sp³-hybridized carbons (Fsp3) is 0.312. The van der Waals surface area contributed by atoms with E-state index in [0.29, 0.717) is 10.6 Å². The first-order valence-corrected chi connectivity index (χ1v) is 9.65. The van der Waals surface area contributed by atoms with Gasteiger partial charge in [-0.05, 0) is 52.0 Å². The van der Waals surface area contributed by atoms with Crippen molar-refractivity contribution >= 4 is 38.0 Å². The van der Waals surface area contributed by atoms with Gasteiger partial charge in [0.1, 0.15) is 4.90 Å². The number of aromatic nitrogens is 2. The third kappa shape index (κ3) is 2.98. The molecule has 5 nitrogen and oxygen atoms in total. The van der Waals surface area contributed by atoms with Crippen molar-refractivity contribution in [3.63, 3.8) is 0 Å². The van der Waals surface area contributed by atoms with Crippen LogP contribution in [-0.2, 0) is 10.0 Å². The predicted octanol–water partition coefficient (Wildman–Crippen LogP) is 4.10. The molecule has 1 aromatic carbocycles. The van der Waals surface area contributed by atoms with E-state index in [1.54, 1.807) is 18.3 Å². The summed E-state index contributed by atoms with van der Waals surface area (Å²) in [6.45, 7) is 7.81. The number of anilines is 1. The summed E-state index contributed by atoms with van der Waals surface area (Å²) in [7, 11) is -3.58. The number of thiophene rings is 1. The highest BCUT2D eigenvalue weighted by atomic mass is 32.2. The van der Waals surface area contributed by atoms with Crippen LogP contribution in [0.1, 0.15) is 29.6 Å². The molecule has 3 aromatic rings. The van der Waals surface area contributed by atoms with Crippen LogP contribution in [0, 0.1) is 13.8 Å². The normalized spacial score (nSPS) is 12.2. The maximum atomic E-state index is 12.6. The topological polar surface area (TPSA) is 64.0 Å². The van der Waals surface area contributed by atoms with Gasteiger partial charge in [0.05, 0.1) is 17.4 Å². The number of benzene rings is 1. The van der Waals surface area contributed by atoms with E-state index in [1.165, 1.54) is 11.3 Å². The lowest BCUT2D eigenvalue weighted by Gasteiger charge is -2.10. The van der Waals surface area contributed by atoms with E-state index in [9.17, 15) is 8.42 Å². The quantitative estimate of drug-likeness (QED) is 0.771. The first-order valence-electron chi connectivity index (χ1n) is 7.35. The van der Waals surface area contributed by atoms with E-state index in [2.05, 4.69) is 9.82 Å². The summed E-state index contributed by atoms with van der Waals surface area (Å²) >= 11 is 1.48. The van der Waals surface area contributed by atoms with Gasteiger partial charge in [-0.25, -0.2) is 8.42 Å². The molecule has 0 atom stereocenters. The van der Waals surface area contributed by atoms with Crippen molar-refractivity contribution < 1.29 is 8.42 Å². The van der Waals surface area contributed by atoms with Gasteiger partial charge in [0, 0.05) is 21.2 Å². The highest BCUT2D eigenvalue weighted by Gasteiger charge is 2.19. The van der Waals surface area contributed by atoms with Gasteiger partial charge >= 0.3 is 0 Å². The van der Waals surface area contributed by atoms with Gasteiger partial charge < -0.3 is 0 Å². The lowest BCUT2D eigenvalue weighted by molar-refractivity contribution is 0.551. The van der Waals surface area contributed by atoms with Gasteiger partial charge in [-0.1, -0.05) is 0 Å². The van der Waals surface area contributed by atoms with Crippen molar-refractivity contribution in [1.82, 2.24) is 9.78 Å². The molecule has 0 fully saturated rings. The second-order valence-corrected chi connectivity index (χ2v) is 8.95. The summed E-state index contributed by atoms with van der Waals surface area (Å²) in [5, 5.41) is 5.34. The van der Waals surface area contributed by atoms with Crippen molar-refractivity contribution in [3.05, 3.63) is 40.2 Å². The molecule has 0 aliphatic carbocycles. The third-order valence-corrected chi connectivity index (χ3v) is 6.23. The minimum absolute atomic E-state index is 0.209. The predicted molar refractivity (Wildman–Crippen MR) is 94.7 cm³/mol. The Bertz CT molecular complexity index is 969. The molecule has 0 bridgehead atoms. The summed E-state index contributed by atoms with van der Waals surface area (Å²) in [4.78, 5) is 2.12. The fourth-order valence-electron chi connectivity index (χ4n) is 2.60. The minimum Gasteiger partial charge on any atom is -0.280 e. The van der Waals surface area contributed by atoms with Gasteiger partial charge in [0.15, 0.2) is 0 Å². The maximum Gasteiger partial charge on any atom is 0.263 e. The van der Waals surface area contributed by atoms with E-state index < -0.39 is 10.0 Å². The van der Waals surface area contributed by atoms with Crippen LogP contribution < -0.4 is 4.72 Å². The van der Waals surface area contributed by atoms with Crippen LogP contribution in [0.2, 0.25) is 0 Å². The minimum atomic E-state index is -3.58. The fourth-order valence-corrected chi connectivity index (χ4v) is 5.20. The van der Waals surface area contributed by atoms with Gasteiger partial charge in [0.25, 0.3) is 10.0 Å². The molecule has 2 aromatic heterocycles. The standard InChI is InChI=1S/C16H19N3O2S2/c1-10(2)19-15-8-14(6-5-13(15)9-17-19)18-23(20,21)16-7-11(3)22-12(16)4/h5-10,18H,1-4H3. The van der Waals surface area contributed by atoms with Crippen LogP contribution in [0.25, 0.3) is 10.9 Å². The molecule has 23 heavy (non-hydrogen) atoms. The second kappa shape index (κ2) is 5.65. The molecule has 122 valence electrons. The van der Waals surface area contributed by atoms with Crippen LogP contribution in [0.4, 0.5) is 5.69 Å². The number of hydrogen-bond donors (Lipinski definition) is 1. The van der Waals surface area contributed by atoms with E-state index >= 15 is 0 Å². The SMILES string of the molecule is Cc1cc(S(=O)(=O)Nc2ccc3cnn(C(C)C)c3c2)c(C)s1. The first-order chi connectivity index (χ1) is 10.8. The van der Waals surface area contributed by atoms with Crippen molar-refractivity contribution in [1.29, 1.82) is 0 Å². The number of nitrogens with one attached hydrogen (secondary N) is 1. The zero-order chi connectivity index (χ0) is 16.8. The van der Waals surface area contributed by atoms with E-state index in [0.717, 1.165) is 20.7 Å². The molecule has 0 saturated heterocycles. The molecule has 3 rings (SSSR count). The zero-order valence-corrected chi connectivity index (χ0v) is 15.1. The molecule has 2 heterocycles. The maximum absolute atomic E-state index is 12.6. The Kier molecular flexibility index (Phi) is 3.93. The molecule has 0 amide bonds. The molecule has 0 unspecified atom stereocenters. The largest absolute Gasteiger partial charge is 0.280 e. The smallest absolute Gasteiger partial charge is 0.263 e. The van der Waals surface area contributed by atoms with Crippen molar-refractivity contribution in [3.8, 4) is 0 Å². The molecular weight excluding hydrogens is 330 g/mol. The molecule has 0 saturated carbocycles. The Morgan fingerprint density at radius 1 is 1.22 bits per heavy atom. The summed E-state index contributed by atoms with van der Waals surface area (Å²) in [5.74, 6) is 0. The number of fused-ring (bicyclic) bond motifs is 1. The number of rotatable bonds is 4. The van der Waals surface area contributed by atoms with Crippen LogP contribution >= 0.6 is 11.3 Å². The van der Waals surface area contributed by atoms with Crippen LogP contribution in [-0.4, -0.2) is 18.2 Å². The number of hydrogen-bond acceptors (Lipinski definition) is 4. The third-order valence-electron chi connectivity index (χ3n) is 3.62.